The van der Waals surface area contributed by atoms with Crippen LogP contribution in [0.2, 0.25) is 13.3 Å². The van der Waals surface area contributed by atoms with Gasteiger partial charge in [0, 0.05) is 39.4 Å². The van der Waals surface area contributed by atoms with Gasteiger partial charge in [-0.05, 0) is 123 Å². The number of hydrogen-bond donors (Lipinski definition) is 0. The van der Waals surface area contributed by atoms with E-state index in [0.29, 0.717) is 5.41 Å². The van der Waals surface area contributed by atoms with Gasteiger partial charge >= 0.3 is 245 Å². The summed E-state index contributed by atoms with van der Waals surface area (Å²) in [7, 11) is -0.446. The number of halogens is 2. The van der Waals surface area contributed by atoms with Crippen molar-refractivity contribution in [3.8, 4) is 29.9 Å². The fraction of sp³-hybridized carbons (Fsp3) is 0.471. The predicted molar refractivity (Wildman–Crippen MR) is 465 cm³/mol. The number of unbranched alkanes of at least 4 members (excludes halogenated alkanes) is 15. The van der Waals surface area contributed by atoms with Crippen LogP contribution in [0, 0.1) is 20.8 Å². The molecule has 0 fully saturated rings. The molecule has 6 heterocycles. The molecule has 0 saturated heterocycles. The van der Waals surface area contributed by atoms with Gasteiger partial charge < -0.3 is 0 Å². The van der Waals surface area contributed by atoms with Crippen molar-refractivity contribution >= 4 is 168 Å². The molecule has 2 aliphatic carbocycles. The number of thiophene rings is 4. The Bertz CT molecular complexity index is 4100. The molecule has 0 amide bonds. The summed E-state index contributed by atoms with van der Waals surface area (Å²) in [6.45, 7) is 23.4. The minimum Gasteiger partial charge on any atom is -0.173 e. The molecule has 101 heavy (non-hydrogen) atoms. The van der Waals surface area contributed by atoms with Crippen molar-refractivity contribution in [2.24, 2.45) is 0 Å². The Morgan fingerprint density at radius 2 is 0.713 bits per heavy atom. The second-order valence-electron chi connectivity index (χ2n) is 28.6. The van der Waals surface area contributed by atoms with Crippen LogP contribution in [0.15, 0.2) is 148 Å². The molecule has 2 aliphatic rings. The van der Waals surface area contributed by atoms with E-state index in [4.69, 9.17) is 4.37 Å². The van der Waals surface area contributed by atoms with Gasteiger partial charge in [0.15, 0.2) is 0 Å². The van der Waals surface area contributed by atoms with Crippen LogP contribution in [-0.4, -0.2) is 35.9 Å². The maximum Gasteiger partial charge on any atom is 0.113 e. The zero-order chi connectivity index (χ0) is 71.2. The van der Waals surface area contributed by atoms with E-state index in [2.05, 4.69) is 264 Å². The molecule has 0 unspecified atom stereocenters. The van der Waals surface area contributed by atoms with Crippen LogP contribution in [0.1, 0.15) is 253 Å². The van der Waals surface area contributed by atoms with Crippen LogP contribution in [0.3, 0.4) is 0 Å². The van der Waals surface area contributed by atoms with Crippen LogP contribution < -0.4 is 18.8 Å². The van der Waals surface area contributed by atoms with Crippen molar-refractivity contribution in [1.29, 1.82) is 0 Å². The summed E-state index contributed by atoms with van der Waals surface area (Å²) >= 11 is 15.4. The molecule has 0 bridgehead atoms. The van der Waals surface area contributed by atoms with E-state index in [-0.39, 0.29) is 5.41 Å². The molecule has 14 heteroatoms. The molecule has 0 N–H and O–H groups in total. The van der Waals surface area contributed by atoms with Crippen molar-refractivity contribution < 1.29 is 0 Å². The number of hydrogen-bond acceptors (Lipinski definition) is 10. The first-order valence-electron chi connectivity index (χ1n) is 38.6. The SMILES string of the molecule is Brc1ccc(Br)c2nsnc12.CCCCCCC1(CCCCCC)c2cc(C)sc2-c2s[c]([Sn]([CH2]CCC)([CH2]CCC)[CH2]CCC)cc21.CCCCCCC1(CCCCCC)c2cc(C)sc2-c2sc(-c3ccc(C)c4nsnc34)cc21.c1ccc(P(c2ccccc2)c2ccccc2)cc1. The summed E-state index contributed by atoms with van der Waals surface area (Å²) in [5.41, 5.74) is 13.8. The first-order chi connectivity index (χ1) is 49.3. The van der Waals surface area contributed by atoms with Gasteiger partial charge in [0.1, 0.15) is 22.1 Å². The Hall–Kier alpha value is -3.27. The normalized spacial score (nSPS) is 13.2. The van der Waals surface area contributed by atoms with Crippen molar-refractivity contribution in [3.63, 3.8) is 0 Å². The summed E-state index contributed by atoms with van der Waals surface area (Å²) in [5, 5.41) is 4.19. The zero-order valence-electron chi connectivity index (χ0n) is 62.2. The molecular formula is C87H111Br2N4PS6Sn. The Labute approximate surface area is 654 Å². The van der Waals surface area contributed by atoms with Gasteiger partial charge in [-0.15, -0.1) is 22.7 Å². The summed E-state index contributed by atoms with van der Waals surface area (Å²) in [6.07, 6.45) is 35.6. The monoisotopic (exact) mass is 1710 g/mol. The third-order valence-electron chi connectivity index (χ3n) is 21.3. The fourth-order valence-electron chi connectivity index (χ4n) is 15.8. The molecule has 0 spiro atoms. The summed E-state index contributed by atoms with van der Waals surface area (Å²) < 4.78 is 26.3. The molecule has 0 atom stereocenters. The van der Waals surface area contributed by atoms with Crippen LogP contribution in [0.25, 0.3) is 52.0 Å². The minimum atomic E-state index is -2.43. The van der Waals surface area contributed by atoms with Gasteiger partial charge in [-0.3, -0.25) is 0 Å². The first kappa shape index (κ1) is 80.3. The third kappa shape index (κ3) is 19.4. The number of aryl methyl sites for hydroxylation is 3. The second kappa shape index (κ2) is 40.1. The summed E-state index contributed by atoms with van der Waals surface area (Å²) in [6, 6.07) is 51.3. The molecule has 13 rings (SSSR count). The maximum atomic E-state index is 4.70. The van der Waals surface area contributed by atoms with E-state index in [9.17, 15) is 0 Å². The second-order valence-corrected chi connectivity index (χ2v) is 52.4. The first-order valence-corrected chi connectivity index (χ1v) is 53.7. The number of fused-ring (bicyclic) bond motifs is 8. The van der Waals surface area contributed by atoms with Crippen LogP contribution in [0.4, 0.5) is 0 Å². The molecule has 6 aromatic heterocycles. The van der Waals surface area contributed by atoms with Crippen LogP contribution >= 0.6 is 109 Å². The predicted octanol–water partition coefficient (Wildman–Crippen LogP) is 29.3. The Morgan fingerprint density at radius 1 is 0.356 bits per heavy atom. The number of aromatic nitrogens is 4. The van der Waals surface area contributed by atoms with Gasteiger partial charge in [0.05, 0.1) is 23.5 Å². The molecule has 5 aromatic carbocycles. The van der Waals surface area contributed by atoms with E-state index in [0.717, 1.165) is 31.0 Å². The van der Waals surface area contributed by atoms with Crippen molar-refractivity contribution in [1.82, 2.24) is 17.5 Å². The molecule has 4 nitrogen and oxygen atoms in total. The average molecular weight is 1710 g/mol. The smallest absolute Gasteiger partial charge is 0.113 e. The molecule has 0 aliphatic heterocycles. The third-order valence-corrected chi connectivity index (χ3v) is 49.0. The van der Waals surface area contributed by atoms with E-state index >= 15 is 0 Å². The summed E-state index contributed by atoms with van der Waals surface area (Å²) in [4.78, 5) is 10.9. The molecule has 11 aromatic rings. The van der Waals surface area contributed by atoms with Crippen molar-refractivity contribution in [3.05, 3.63) is 186 Å². The van der Waals surface area contributed by atoms with Gasteiger partial charge in [0.2, 0.25) is 0 Å². The topological polar surface area (TPSA) is 51.6 Å². The molecular weight excluding hydrogens is 1600 g/mol. The van der Waals surface area contributed by atoms with Crippen molar-refractivity contribution in [2.45, 2.75) is 260 Å². The fourth-order valence-corrected chi connectivity index (χ4v) is 44.5. The van der Waals surface area contributed by atoms with E-state index in [1.807, 2.05) is 43.3 Å². The van der Waals surface area contributed by atoms with Gasteiger partial charge in [-0.1, -0.05) is 168 Å². The van der Waals surface area contributed by atoms with Gasteiger partial charge in [0.25, 0.3) is 0 Å². The van der Waals surface area contributed by atoms with Gasteiger partial charge in [-0.25, -0.2) is 0 Å². The van der Waals surface area contributed by atoms with Crippen LogP contribution in [0.5, 0.6) is 0 Å². The Balaban J connectivity index is 0.000000157. The number of rotatable bonds is 34. The molecule has 0 saturated carbocycles. The Morgan fingerprint density at radius 3 is 1.12 bits per heavy atom. The standard InChI is InChI=1S/C29H36N2S3.C22H31S2.C18H15P.C6H2Br2N2S.3C4H9.Sn/c1-5-7-9-11-15-29(16-12-10-8-6-2)22-17-20(4)32-27(22)28-23(29)18-24(33-28)21-14-13-19(3)25-26(21)31-34-30-25;1-4-6-8-10-13-22(14-11-9-7-5-2)18-12-15-23-20(18)21-19(22)16-17(3)24-21;1-4-10-16(11-5-1)19(17-12-6-2-7-13-17)18-14-8-3-9-15-18;7-3-1-2-4(8)6-5(3)9-11-10-6;3*1-3-4-2;/h13-14,17-18H,5-12,15-16H2,1-4H3;12,16H,4-11,13-14H2,1-3H3;1-15H;1-2H;3*1,3-4H2,2H3;. The average Bonchev–Trinajstić information content (AvgIpc) is 1.56. The van der Waals surface area contributed by atoms with Crippen molar-refractivity contribution in [2.75, 3.05) is 0 Å². The summed E-state index contributed by atoms with van der Waals surface area (Å²) in [5.74, 6) is 0. The maximum absolute atomic E-state index is 4.70. The molecule has 538 valence electrons. The Kier molecular flexibility index (Phi) is 31.8. The largest absolute Gasteiger partial charge is 0.173 e. The molecule has 0 radical (unpaired) electrons. The minimum absolute atomic E-state index is 0.190. The quantitative estimate of drug-likeness (QED) is 0.0229. The van der Waals surface area contributed by atoms with Crippen LogP contribution in [-0.2, 0) is 10.8 Å². The van der Waals surface area contributed by atoms with E-state index < -0.39 is 26.3 Å². The van der Waals surface area contributed by atoms with Gasteiger partial charge in [-0.2, -0.15) is 17.5 Å². The van der Waals surface area contributed by atoms with E-state index in [1.54, 1.807) is 44.6 Å². The van der Waals surface area contributed by atoms with E-state index in [1.165, 1.54) is 237 Å². The number of nitrogens with zero attached hydrogens (tertiary/aromatic N) is 4. The number of benzene rings is 5. The zero-order valence-corrected chi connectivity index (χ0v) is 74.0.